The molecule has 4 aliphatic rings. The molecule has 290 valence electrons. The summed E-state index contributed by atoms with van der Waals surface area (Å²) in [6.07, 6.45) is 2.09. The molecule has 2 saturated heterocycles. The third kappa shape index (κ3) is 5.74. The lowest BCUT2D eigenvalue weighted by Crippen LogP contribution is -2.53. The van der Waals surface area contributed by atoms with Crippen molar-refractivity contribution in [2.75, 3.05) is 10.3 Å². The Kier molecular flexibility index (Phi) is 8.91. The van der Waals surface area contributed by atoms with Gasteiger partial charge < -0.3 is 9.84 Å². The van der Waals surface area contributed by atoms with Crippen LogP contribution in [0.5, 0.6) is 11.5 Å². The fourth-order valence-corrected chi connectivity index (χ4v) is 9.69. The van der Waals surface area contributed by atoms with Crippen LogP contribution in [0.1, 0.15) is 41.0 Å². The SMILES string of the molecule is Cc1ccc(NN2C(=O)C3CC4C(=CCC5C(=O)N(c6cccc([N+](=O)[O-])c6)C(=O)C54)C(c4ccc(OCc5ccccc5)cc4O)C3(c3ccccc3)C2=O)cc1. The highest BCUT2D eigenvalue weighted by Gasteiger charge is 2.70. The molecule has 0 bridgehead atoms. The van der Waals surface area contributed by atoms with Crippen molar-refractivity contribution in [3.63, 3.8) is 0 Å². The van der Waals surface area contributed by atoms with E-state index in [2.05, 4.69) is 5.43 Å². The number of nitrogens with one attached hydrogen (secondary N) is 1. The van der Waals surface area contributed by atoms with Crippen LogP contribution < -0.4 is 15.1 Å². The van der Waals surface area contributed by atoms with Crippen molar-refractivity contribution in [3.05, 3.63) is 171 Å². The van der Waals surface area contributed by atoms with E-state index >= 15 is 4.79 Å². The molecule has 6 unspecified atom stereocenters. The Bertz CT molecular complexity index is 2520. The molecule has 6 atom stereocenters. The summed E-state index contributed by atoms with van der Waals surface area (Å²) in [5, 5.41) is 24.8. The number of aromatic hydroxyl groups is 1. The van der Waals surface area contributed by atoms with Crippen molar-refractivity contribution in [2.45, 2.75) is 37.7 Å². The Labute approximate surface area is 333 Å². The molecule has 0 spiro atoms. The number of carbonyl (C=O) groups excluding carboxylic acids is 4. The number of nitrogens with zero attached hydrogens (tertiary/aromatic N) is 3. The van der Waals surface area contributed by atoms with Gasteiger partial charge in [0.1, 0.15) is 18.1 Å². The molecule has 5 aromatic carbocycles. The number of hydrogen-bond acceptors (Lipinski definition) is 9. The number of hydrazine groups is 1. The fraction of sp³-hybridized carbons (Fsp3) is 0.217. The van der Waals surface area contributed by atoms with Gasteiger partial charge in [0.15, 0.2) is 0 Å². The van der Waals surface area contributed by atoms with E-state index in [-0.39, 0.29) is 36.6 Å². The Morgan fingerprint density at radius 2 is 1.55 bits per heavy atom. The fourth-order valence-electron chi connectivity index (χ4n) is 9.69. The van der Waals surface area contributed by atoms with Crippen molar-refractivity contribution < 1.29 is 33.9 Å². The van der Waals surface area contributed by atoms with Gasteiger partial charge >= 0.3 is 0 Å². The summed E-state index contributed by atoms with van der Waals surface area (Å²) in [5.74, 6) is -6.23. The number of ether oxygens (including phenoxy) is 1. The van der Waals surface area contributed by atoms with Gasteiger partial charge in [0, 0.05) is 29.7 Å². The van der Waals surface area contributed by atoms with Crippen LogP contribution in [-0.4, -0.2) is 38.7 Å². The van der Waals surface area contributed by atoms with E-state index in [4.69, 9.17) is 4.74 Å². The molecule has 5 aromatic rings. The van der Waals surface area contributed by atoms with E-state index in [0.717, 1.165) is 21.0 Å². The van der Waals surface area contributed by atoms with E-state index in [0.29, 0.717) is 28.1 Å². The number of nitro groups is 1. The number of non-ortho nitro benzene ring substituents is 1. The Hall–Kier alpha value is -7.08. The molecular formula is C46H38N4O8. The zero-order valence-corrected chi connectivity index (χ0v) is 31.4. The van der Waals surface area contributed by atoms with Gasteiger partial charge in [-0.15, -0.1) is 0 Å². The quantitative estimate of drug-likeness (QED) is 0.0675. The van der Waals surface area contributed by atoms with Gasteiger partial charge in [0.2, 0.25) is 11.8 Å². The maximum atomic E-state index is 15.4. The molecule has 2 aliphatic carbocycles. The molecule has 4 amide bonds. The average molecular weight is 775 g/mol. The largest absolute Gasteiger partial charge is 0.508 e. The van der Waals surface area contributed by atoms with Crippen molar-refractivity contribution >= 4 is 40.7 Å². The van der Waals surface area contributed by atoms with Crippen LogP contribution in [0.4, 0.5) is 17.1 Å². The minimum Gasteiger partial charge on any atom is -0.508 e. The second kappa shape index (κ2) is 14.1. The molecule has 0 radical (unpaired) electrons. The van der Waals surface area contributed by atoms with Gasteiger partial charge in [-0.25, -0.2) is 4.90 Å². The number of amides is 4. The number of fused-ring (bicyclic) bond motifs is 4. The molecule has 1 saturated carbocycles. The first-order chi connectivity index (χ1) is 28.1. The van der Waals surface area contributed by atoms with E-state index in [9.17, 15) is 29.6 Å². The number of benzene rings is 5. The number of aryl methyl sites for hydroxylation is 1. The topological polar surface area (TPSA) is 159 Å². The van der Waals surface area contributed by atoms with Crippen LogP contribution in [0.3, 0.4) is 0 Å². The lowest BCUT2D eigenvalue weighted by Gasteiger charge is -2.50. The van der Waals surface area contributed by atoms with Gasteiger partial charge in [0.25, 0.3) is 17.5 Å². The third-order valence-corrected chi connectivity index (χ3v) is 12.3. The molecular weight excluding hydrogens is 737 g/mol. The number of rotatable bonds is 9. The maximum Gasteiger partial charge on any atom is 0.271 e. The van der Waals surface area contributed by atoms with Crippen LogP contribution in [0.2, 0.25) is 0 Å². The second-order valence-corrected chi connectivity index (χ2v) is 15.4. The van der Waals surface area contributed by atoms with Gasteiger partial charge in [0.05, 0.1) is 39.5 Å². The van der Waals surface area contributed by atoms with Crippen LogP contribution in [0, 0.1) is 40.7 Å². The van der Waals surface area contributed by atoms with Crippen molar-refractivity contribution in [2.24, 2.45) is 23.7 Å². The average Bonchev–Trinajstić information content (AvgIpc) is 3.62. The maximum absolute atomic E-state index is 15.4. The molecule has 2 heterocycles. The first kappa shape index (κ1) is 36.6. The number of allylic oxidation sites excluding steroid dienone is 2. The highest BCUT2D eigenvalue weighted by atomic mass is 16.6. The van der Waals surface area contributed by atoms with E-state index in [1.807, 2.05) is 73.7 Å². The molecule has 12 nitrogen and oxygen atoms in total. The van der Waals surface area contributed by atoms with E-state index in [1.165, 1.54) is 30.3 Å². The van der Waals surface area contributed by atoms with Crippen LogP contribution >= 0.6 is 0 Å². The van der Waals surface area contributed by atoms with E-state index < -0.39 is 63.6 Å². The standard InChI is InChI=1S/C46H38N4O8/c1-27-15-17-30(18-16-27)47-49-43(53)38-25-37-34(21-22-36-40(37)44(54)48(42(36)52)31-13-8-14-32(23-31)50(56)57)41(46(38,45(49)55)29-11-6-3-7-12-29)35-20-19-33(24-39(35)51)58-26-28-9-4-2-5-10-28/h2-21,23-24,36-38,40-41,47,51H,22,25-26H2,1H3. The monoisotopic (exact) mass is 774 g/mol. The van der Waals surface area contributed by atoms with Gasteiger partial charge in [-0.1, -0.05) is 102 Å². The summed E-state index contributed by atoms with van der Waals surface area (Å²) in [6, 6.07) is 36.3. The number of phenols is 1. The zero-order chi connectivity index (χ0) is 40.3. The van der Waals surface area contributed by atoms with E-state index in [1.54, 1.807) is 36.4 Å². The molecule has 3 fully saturated rings. The van der Waals surface area contributed by atoms with Crippen molar-refractivity contribution in [1.82, 2.24) is 5.01 Å². The number of imide groups is 2. The minimum atomic E-state index is -1.58. The summed E-state index contributed by atoms with van der Waals surface area (Å²) in [5.41, 5.74) is 5.36. The molecule has 2 aliphatic heterocycles. The van der Waals surface area contributed by atoms with Crippen molar-refractivity contribution in [1.29, 1.82) is 0 Å². The van der Waals surface area contributed by atoms with Crippen molar-refractivity contribution in [3.8, 4) is 11.5 Å². The number of carbonyl (C=O) groups is 4. The molecule has 12 heteroatoms. The molecule has 58 heavy (non-hydrogen) atoms. The van der Waals surface area contributed by atoms with Crippen LogP contribution in [0.25, 0.3) is 0 Å². The minimum absolute atomic E-state index is 0.0515. The first-order valence-corrected chi connectivity index (χ1v) is 19.2. The highest BCUT2D eigenvalue weighted by molar-refractivity contribution is 6.22. The Balaban J connectivity index is 1.19. The molecule has 0 aromatic heterocycles. The van der Waals surface area contributed by atoms with Crippen LogP contribution in [0.15, 0.2) is 139 Å². The third-order valence-electron chi connectivity index (χ3n) is 12.3. The molecule has 9 rings (SSSR count). The van der Waals surface area contributed by atoms with Gasteiger partial charge in [-0.05, 0) is 61.1 Å². The number of nitro benzene ring substituents is 1. The second-order valence-electron chi connectivity index (χ2n) is 15.4. The number of anilines is 2. The summed E-state index contributed by atoms with van der Waals surface area (Å²) in [6.45, 7) is 2.18. The lowest BCUT2D eigenvalue weighted by molar-refractivity contribution is -0.384. The first-order valence-electron chi connectivity index (χ1n) is 19.2. The normalized spacial score (nSPS) is 24.8. The Morgan fingerprint density at radius 1 is 0.828 bits per heavy atom. The van der Waals surface area contributed by atoms with Gasteiger partial charge in [-0.2, -0.15) is 5.01 Å². The molecule has 2 N–H and O–H groups in total. The smallest absolute Gasteiger partial charge is 0.271 e. The number of hydrogen-bond donors (Lipinski definition) is 2. The zero-order valence-electron chi connectivity index (χ0n) is 31.4. The van der Waals surface area contributed by atoms with Gasteiger partial charge in [-0.3, -0.25) is 34.7 Å². The highest BCUT2D eigenvalue weighted by Crippen LogP contribution is 2.65. The number of phenolic OH excluding ortho intramolecular Hbond substituents is 1. The predicted molar refractivity (Wildman–Crippen MR) is 213 cm³/mol. The summed E-state index contributed by atoms with van der Waals surface area (Å²) in [4.78, 5) is 71.2. The predicted octanol–water partition coefficient (Wildman–Crippen LogP) is 7.38. The lowest BCUT2D eigenvalue weighted by atomic mass is 9.49. The summed E-state index contributed by atoms with van der Waals surface area (Å²) < 4.78 is 6.06. The summed E-state index contributed by atoms with van der Waals surface area (Å²) in [7, 11) is 0. The Morgan fingerprint density at radius 3 is 2.26 bits per heavy atom. The van der Waals surface area contributed by atoms with Crippen LogP contribution in [-0.2, 0) is 31.2 Å². The summed E-state index contributed by atoms with van der Waals surface area (Å²) >= 11 is 0.